The number of hydrogen-bond donors (Lipinski definition) is 1. The van der Waals surface area contributed by atoms with Crippen LogP contribution >= 0.6 is 0 Å². The van der Waals surface area contributed by atoms with Crippen molar-refractivity contribution in [2.24, 2.45) is 5.73 Å². The molecule has 0 spiro atoms. The van der Waals surface area contributed by atoms with E-state index in [1.54, 1.807) is 12.4 Å². The molecule has 1 aromatic carbocycles. The van der Waals surface area contributed by atoms with E-state index in [0.29, 0.717) is 0 Å². The first-order chi connectivity index (χ1) is 9.90. The zero-order valence-electron chi connectivity index (χ0n) is 11.4. The van der Waals surface area contributed by atoms with E-state index in [2.05, 4.69) is 27.8 Å². The van der Waals surface area contributed by atoms with Crippen molar-refractivity contribution in [3.8, 4) is 11.4 Å². The summed E-state index contributed by atoms with van der Waals surface area (Å²) in [5.41, 5.74) is 8.91. The molecule has 0 atom stereocenters. The lowest BCUT2D eigenvalue weighted by Gasteiger charge is -2.08. The molecule has 2 aromatic heterocycles. The van der Waals surface area contributed by atoms with Gasteiger partial charge in [-0.05, 0) is 43.7 Å². The minimum absolute atomic E-state index is 0.733. The minimum Gasteiger partial charge on any atom is -0.330 e. The van der Waals surface area contributed by atoms with Crippen LogP contribution < -0.4 is 5.73 Å². The number of hydrogen-bond acceptors (Lipinski definition) is 3. The van der Waals surface area contributed by atoms with Gasteiger partial charge in [-0.1, -0.05) is 12.1 Å². The second-order valence-electron chi connectivity index (χ2n) is 4.81. The van der Waals surface area contributed by atoms with E-state index in [-0.39, 0.29) is 0 Å². The summed E-state index contributed by atoms with van der Waals surface area (Å²) in [5.74, 6) is 1.01. The van der Waals surface area contributed by atoms with Crippen molar-refractivity contribution in [1.82, 2.24) is 14.5 Å². The Morgan fingerprint density at radius 2 is 1.80 bits per heavy atom. The van der Waals surface area contributed by atoms with Crippen molar-refractivity contribution in [1.29, 1.82) is 0 Å². The van der Waals surface area contributed by atoms with Crippen LogP contribution in [0.1, 0.15) is 12.8 Å². The average molecular weight is 266 g/mol. The van der Waals surface area contributed by atoms with Crippen molar-refractivity contribution >= 4 is 11.0 Å². The van der Waals surface area contributed by atoms with E-state index in [0.717, 1.165) is 42.8 Å². The topological polar surface area (TPSA) is 56.7 Å². The highest BCUT2D eigenvalue weighted by Gasteiger charge is 2.11. The van der Waals surface area contributed by atoms with Crippen LogP contribution in [0.3, 0.4) is 0 Å². The fourth-order valence-corrected chi connectivity index (χ4v) is 2.44. The molecule has 20 heavy (non-hydrogen) atoms. The number of benzene rings is 1. The minimum atomic E-state index is 0.733. The fraction of sp³-hybridized carbons (Fsp3) is 0.250. The Kier molecular flexibility index (Phi) is 3.74. The van der Waals surface area contributed by atoms with Crippen molar-refractivity contribution in [2.45, 2.75) is 19.4 Å². The number of unbranched alkanes of at least 4 members (excludes halogenated alkanes) is 1. The molecule has 0 fully saturated rings. The van der Waals surface area contributed by atoms with Gasteiger partial charge in [-0.15, -0.1) is 0 Å². The molecule has 0 aliphatic carbocycles. The van der Waals surface area contributed by atoms with Gasteiger partial charge in [-0.25, -0.2) is 4.98 Å². The van der Waals surface area contributed by atoms with Crippen LogP contribution in [0, 0.1) is 0 Å². The van der Waals surface area contributed by atoms with Crippen molar-refractivity contribution in [2.75, 3.05) is 6.54 Å². The Labute approximate surface area is 118 Å². The molecule has 0 aliphatic heterocycles. The molecule has 0 saturated heterocycles. The summed E-state index contributed by atoms with van der Waals surface area (Å²) in [6.45, 7) is 1.67. The Hall–Kier alpha value is -2.20. The van der Waals surface area contributed by atoms with Crippen LogP contribution in [-0.2, 0) is 6.54 Å². The van der Waals surface area contributed by atoms with E-state index in [1.165, 1.54) is 5.52 Å². The number of pyridine rings is 1. The zero-order chi connectivity index (χ0) is 13.8. The van der Waals surface area contributed by atoms with E-state index in [9.17, 15) is 0 Å². The highest BCUT2D eigenvalue weighted by molar-refractivity contribution is 5.80. The third-order valence-corrected chi connectivity index (χ3v) is 3.43. The van der Waals surface area contributed by atoms with Gasteiger partial charge in [0.1, 0.15) is 5.82 Å². The Bertz CT molecular complexity index is 688. The van der Waals surface area contributed by atoms with E-state index in [4.69, 9.17) is 10.7 Å². The Morgan fingerprint density at radius 1 is 1.00 bits per heavy atom. The van der Waals surface area contributed by atoms with Gasteiger partial charge in [0.05, 0.1) is 11.0 Å². The molecule has 4 heteroatoms. The van der Waals surface area contributed by atoms with Gasteiger partial charge in [0.25, 0.3) is 0 Å². The van der Waals surface area contributed by atoms with Crippen molar-refractivity contribution < 1.29 is 0 Å². The van der Waals surface area contributed by atoms with Crippen LogP contribution in [0.4, 0.5) is 0 Å². The number of nitrogens with zero attached hydrogens (tertiary/aromatic N) is 3. The monoisotopic (exact) mass is 266 g/mol. The molecule has 2 N–H and O–H groups in total. The van der Waals surface area contributed by atoms with Gasteiger partial charge in [0.2, 0.25) is 0 Å². The number of para-hydroxylation sites is 2. The highest BCUT2D eigenvalue weighted by atomic mass is 15.1. The van der Waals surface area contributed by atoms with Crippen LogP contribution in [0.15, 0.2) is 48.8 Å². The number of nitrogens with two attached hydrogens (primary N) is 1. The van der Waals surface area contributed by atoms with Crippen LogP contribution in [0.2, 0.25) is 0 Å². The summed E-state index contributed by atoms with van der Waals surface area (Å²) in [7, 11) is 0. The molecule has 0 unspecified atom stereocenters. The molecule has 102 valence electrons. The van der Waals surface area contributed by atoms with Gasteiger partial charge >= 0.3 is 0 Å². The number of aromatic nitrogens is 3. The van der Waals surface area contributed by atoms with E-state index < -0.39 is 0 Å². The summed E-state index contributed by atoms with van der Waals surface area (Å²) in [6, 6.07) is 12.3. The quantitative estimate of drug-likeness (QED) is 0.722. The smallest absolute Gasteiger partial charge is 0.141 e. The SMILES string of the molecule is NCCCCn1c(-c2ccncc2)nc2ccccc21. The molecule has 3 rings (SSSR count). The number of aryl methyl sites for hydroxylation is 1. The molecule has 4 nitrogen and oxygen atoms in total. The van der Waals surface area contributed by atoms with Gasteiger partial charge < -0.3 is 10.3 Å². The first-order valence-corrected chi connectivity index (χ1v) is 6.96. The molecule has 0 amide bonds. The third kappa shape index (κ3) is 2.42. The van der Waals surface area contributed by atoms with Gasteiger partial charge in [0.15, 0.2) is 0 Å². The van der Waals surface area contributed by atoms with Gasteiger partial charge in [-0.2, -0.15) is 0 Å². The van der Waals surface area contributed by atoms with Crippen molar-refractivity contribution in [3.05, 3.63) is 48.8 Å². The molecule has 3 aromatic rings. The van der Waals surface area contributed by atoms with Gasteiger partial charge in [-0.3, -0.25) is 4.98 Å². The first kappa shape index (κ1) is 12.8. The largest absolute Gasteiger partial charge is 0.330 e. The second kappa shape index (κ2) is 5.84. The Morgan fingerprint density at radius 3 is 2.60 bits per heavy atom. The summed E-state index contributed by atoms with van der Waals surface area (Å²) < 4.78 is 2.28. The maximum atomic E-state index is 5.60. The van der Waals surface area contributed by atoms with Crippen LogP contribution in [0.5, 0.6) is 0 Å². The average Bonchev–Trinajstić information content (AvgIpc) is 2.87. The van der Waals surface area contributed by atoms with E-state index in [1.807, 2.05) is 18.2 Å². The van der Waals surface area contributed by atoms with Crippen LogP contribution in [-0.4, -0.2) is 21.1 Å². The third-order valence-electron chi connectivity index (χ3n) is 3.43. The predicted octanol–water partition coefficient (Wildman–Crippen LogP) is 2.84. The molecular weight excluding hydrogens is 248 g/mol. The molecule has 0 bridgehead atoms. The highest BCUT2D eigenvalue weighted by Crippen LogP contribution is 2.24. The number of fused-ring (bicyclic) bond motifs is 1. The van der Waals surface area contributed by atoms with E-state index >= 15 is 0 Å². The molecule has 2 heterocycles. The number of rotatable bonds is 5. The lowest BCUT2D eigenvalue weighted by atomic mass is 10.2. The van der Waals surface area contributed by atoms with Gasteiger partial charge in [0, 0.05) is 24.5 Å². The molecule has 0 saturated carbocycles. The maximum Gasteiger partial charge on any atom is 0.141 e. The van der Waals surface area contributed by atoms with Crippen molar-refractivity contribution in [3.63, 3.8) is 0 Å². The predicted molar refractivity (Wildman–Crippen MR) is 81.3 cm³/mol. The summed E-state index contributed by atoms with van der Waals surface area (Å²) in [4.78, 5) is 8.84. The summed E-state index contributed by atoms with van der Waals surface area (Å²) in [5, 5.41) is 0. The summed E-state index contributed by atoms with van der Waals surface area (Å²) in [6.07, 6.45) is 5.70. The Balaban J connectivity index is 2.08. The maximum absolute atomic E-state index is 5.60. The number of imidazole rings is 1. The standard InChI is InChI=1S/C16H18N4/c17-9-3-4-12-20-15-6-2-1-5-14(15)19-16(20)13-7-10-18-11-8-13/h1-2,5-8,10-11H,3-4,9,12,17H2. The zero-order valence-corrected chi connectivity index (χ0v) is 11.4. The second-order valence-corrected chi connectivity index (χ2v) is 4.81. The normalized spacial score (nSPS) is 11.1. The lowest BCUT2D eigenvalue weighted by Crippen LogP contribution is -2.04. The fourth-order valence-electron chi connectivity index (χ4n) is 2.44. The molecular formula is C16H18N4. The molecule has 0 aliphatic rings. The molecule has 0 radical (unpaired) electrons. The first-order valence-electron chi connectivity index (χ1n) is 6.96. The summed E-state index contributed by atoms with van der Waals surface area (Å²) >= 11 is 0. The lowest BCUT2D eigenvalue weighted by molar-refractivity contribution is 0.631. The van der Waals surface area contributed by atoms with Crippen LogP contribution in [0.25, 0.3) is 22.4 Å².